The van der Waals surface area contributed by atoms with Gasteiger partial charge in [-0.15, -0.1) is 0 Å². The van der Waals surface area contributed by atoms with Crippen molar-refractivity contribution in [2.24, 2.45) is 0 Å². The van der Waals surface area contributed by atoms with E-state index in [1.54, 1.807) is 11.6 Å². The van der Waals surface area contributed by atoms with Crippen LogP contribution in [-0.2, 0) is 23.0 Å². The van der Waals surface area contributed by atoms with Gasteiger partial charge in [-0.3, -0.25) is 0 Å². The summed E-state index contributed by atoms with van der Waals surface area (Å²) in [5.74, 6) is 1.23. The predicted molar refractivity (Wildman–Crippen MR) is 77.0 cm³/mol. The molecule has 21 heavy (non-hydrogen) atoms. The normalized spacial score (nSPS) is 13.5. The lowest BCUT2D eigenvalue weighted by Gasteiger charge is -2.13. The Morgan fingerprint density at radius 1 is 1.38 bits per heavy atom. The van der Waals surface area contributed by atoms with E-state index >= 15 is 0 Å². The van der Waals surface area contributed by atoms with E-state index in [0.29, 0.717) is 24.6 Å². The highest BCUT2D eigenvalue weighted by atomic mass is 32.2. The van der Waals surface area contributed by atoms with Crippen LogP contribution in [0.15, 0.2) is 17.6 Å². The zero-order valence-corrected chi connectivity index (χ0v) is 13.2. The van der Waals surface area contributed by atoms with E-state index in [0.717, 1.165) is 6.42 Å². The maximum absolute atomic E-state index is 12.3. The molecule has 2 N–H and O–H groups in total. The lowest BCUT2D eigenvalue weighted by Crippen LogP contribution is -2.29. The van der Waals surface area contributed by atoms with E-state index in [4.69, 9.17) is 0 Å². The first-order chi connectivity index (χ1) is 9.97. The summed E-state index contributed by atoms with van der Waals surface area (Å²) in [6.45, 7) is 6.37. The highest BCUT2D eigenvalue weighted by Gasteiger charge is 2.23. The van der Waals surface area contributed by atoms with Gasteiger partial charge in [0.2, 0.25) is 0 Å². The smallest absolute Gasteiger partial charge is 0.258 e. The fraction of sp³-hybridized carbons (Fsp3) is 0.583. The van der Waals surface area contributed by atoms with Crippen LogP contribution < -0.4 is 4.72 Å². The van der Waals surface area contributed by atoms with Gasteiger partial charge in [0.15, 0.2) is 5.03 Å². The first-order valence-corrected chi connectivity index (χ1v) is 8.40. The van der Waals surface area contributed by atoms with Gasteiger partial charge in [0.05, 0.1) is 12.2 Å². The van der Waals surface area contributed by atoms with Gasteiger partial charge in [-0.1, -0.05) is 13.8 Å². The molecule has 0 aliphatic carbocycles. The Labute approximate surface area is 124 Å². The quantitative estimate of drug-likeness (QED) is 0.794. The Hall–Kier alpha value is -1.74. The molecule has 2 rings (SSSR count). The van der Waals surface area contributed by atoms with Crippen LogP contribution >= 0.6 is 0 Å². The Bertz CT molecular complexity index is 690. The molecule has 2 heterocycles. The number of aromatic amines is 1. The molecule has 9 heteroatoms. The maximum Gasteiger partial charge on any atom is 0.258 e. The van der Waals surface area contributed by atoms with Gasteiger partial charge in [0.25, 0.3) is 10.0 Å². The van der Waals surface area contributed by atoms with Crippen molar-refractivity contribution in [2.45, 2.75) is 51.2 Å². The predicted octanol–water partition coefficient (Wildman–Crippen LogP) is 1.01. The summed E-state index contributed by atoms with van der Waals surface area (Å²) >= 11 is 0. The molecule has 0 amide bonds. The molecule has 8 nitrogen and oxygen atoms in total. The maximum atomic E-state index is 12.3. The van der Waals surface area contributed by atoms with Crippen molar-refractivity contribution in [1.29, 1.82) is 0 Å². The van der Waals surface area contributed by atoms with Gasteiger partial charge >= 0.3 is 0 Å². The van der Waals surface area contributed by atoms with Crippen LogP contribution in [0, 0.1) is 0 Å². The molecule has 2 aromatic rings. The second-order valence-electron chi connectivity index (χ2n) is 4.73. The van der Waals surface area contributed by atoms with E-state index in [1.165, 1.54) is 12.5 Å². The van der Waals surface area contributed by atoms with Crippen LogP contribution in [0.4, 0.5) is 0 Å². The minimum atomic E-state index is -3.66. The lowest BCUT2D eigenvalue weighted by atomic mass is 10.3. The average Bonchev–Trinajstić information content (AvgIpc) is 3.07. The minimum absolute atomic E-state index is 0.0627. The summed E-state index contributed by atoms with van der Waals surface area (Å²) in [6, 6.07) is -0.475. The van der Waals surface area contributed by atoms with Crippen LogP contribution in [0.1, 0.15) is 44.9 Å². The fourth-order valence-electron chi connectivity index (χ4n) is 2.00. The van der Waals surface area contributed by atoms with Crippen molar-refractivity contribution in [3.63, 3.8) is 0 Å². The third-order valence-corrected chi connectivity index (χ3v) is 4.48. The van der Waals surface area contributed by atoms with Crippen molar-refractivity contribution in [3.8, 4) is 0 Å². The third kappa shape index (κ3) is 3.48. The number of sulfonamides is 1. The van der Waals surface area contributed by atoms with E-state index in [9.17, 15) is 8.42 Å². The SMILES string of the molecule is CCCn1ncnc1[C@@H](C)NS(=O)(=O)c1cnc(CC)[nH]1. The van der Waals surface area contributed by atoms with Gasteiger partial charge in [0, 0.05) is 13.0 Å². The Balaban J connectivity index is 2.17. The molecule has 0 saturated heterocycles. The lowest BCUT2D eigenvalue weighted by molar-refractivity contribution is 0.514. The molecule has 1 atom stereocenters. The Morgan fingerprint density at radius 3 is 2.76 bits per heavy atom. The summed E-state index contributed by atoms with van der Waals surface area (Å²) < 4.78 is 28.9. The highest BCUT2D eigenvalue weighted by Crippen LogP contribution is 2.14. The minimum Gasteiger partial charge on any atom is -0.332 e. The molecule has 0 aromatic carbocycles. The number of hydrogen-bond donors (Lipinski definition) is 2. The number of H-pyrrole nitrogens is 1. The van der Waals surface area contributed by atoms with Crippen molar-refractivity contribution in [3.05, 3.63) is 24.2 Å². The number of hydrogen-bond acceptors (Lipinski definition) is 5. The average molecular weight is 312 g/mol. The molecular weight excluding hydrogens is 292 g/mol. The van der Waals surface area contributed by atoms with Crippen LogP contribution in [0.5, 0.6) is 0 Å². The van der Waals surface area contributed by atoms with Gasteiger partial charge in [-0.25, -0.2) is 23.1 Å². The van der Waals surface area contributed by atoms with Crippen LogP contribution in [0.3, 0.4) is 0 Å². The Morgan fingerprint density at radius 2 is 2.14 bits per heavy atom. The second kappa shape index (κ2) is 6.35. The molecule has 0 saturated carbocycles. The Kier molecular flexibility index (Phi) is 4.73. The first-order valence-electron chi connectivity index (χ1n) is 6.91. The number of nitrogens with zero attached hydrogens (tertiary/aromatic N) is 4. The summed E-state index contributed by atoms with van der Waals surface area (Å²) in [5.41, 5.74) is 0. The van der Waals surface area contributed by atoms with E-state index in [-0.39, 0.29) is 5.03 Å². The standard InChI is InChI=1S/C12H20N6O2S/c1-4-6-18-12(14-8-15-18)9(3)17-21(19,20)11-7-13-10(5-2)16-11/h7-9,17H,4-6H2,1-3H3,(H,13,16)/t9-/m1/s1. The van der Waals surface area contributed by atoms with Crippen LogP contribution in [-0.4, -0.2) is 33.2 Å². The molecule has 0 fully saturated rings. The molecule has 0 radical (unpaired) electrons. The zero-order chi connectivity index (χ0) is 15.5. The molecule has 0 spiro atoms. The van der Waals surface area contributed by atoms with E-state index in [1.807, 2.05) is 13.8 Å². The fourth-order valence-corrected chi connectivity index (χ4v) is 3.14. The first kappa shape index (κ1) is 15.6. The number of rotatable bonds is 7. The van der Waals surface area contributed by atoms with Crippen LogP contribution in [0.2, 0.25) is 0 Å². The van der Waals surface area contributed by atoms with E-state index < -0.39 is 16.1 Å². The summed E-state index contributed by atoms with van der Waals surface area (Å²) in [4.78, 5) is 10.9. The number of aryl methyl sites for hydroxylation is 2. The molecule has 2 aromatic heterocycles. The van der Waals surface area contributed by atoms with Crippen molar-refractivity contribution in [1.82, 2.24) is 29.5 Å². The molecule has 0 unspecified atom stereocenters. The van der Waals surface area contributed by atoms with Gasteiger partial charge in [-0.05, 0) is 13.3 Å². The van der Waals surface area contributed by atoms with Crippen molar-refractivity contribution >= 4 is 10.0 Å². The second-order valence-corrected chi connectivity index (χ2v) is 6.41. The van der Waals surface area contributed by atoms with Crippen molar-refractivity contribution in [2.75, 3.05) is 0 Å². The summed E-state index contributed by atoms with van der Waals surface area (Å²) in [7, 11) is -3.66. The van der Waals surface area contributed by atoms with Gasteiger partial charge < -0.3 is 4.98 Å². The number of nitrogens with one attached hydrogen (secondary N) is 2. The molecule has 0 aliphatic heterocycles. The highest BCUT2D eigenvalue weighted by molar-refractivity contribution is 7.89. The monoisotopic (exact) mass is 312 g/mol. The molecule has 0 aliphatic rings. The zero-order valence-electron chi connectivity index (χ0n) is 12.4. The van der Waals surface area contributed by atoms with E-state index in [2.05, 4.69) is 24.8 Å². The summed E-state index contributed by atoms with van der Waals surface area (Å²) in [5, 5.41) is 4.16. The summed E-state index contributed by atoms with van der Waals surface area (Å²) in [6.07, 6.45) is 4.30. The van der Waals surface area contributed by atoms with Gasteiger partial charge in [0.1, 0.15) is 18.0 Å². The molecule has 0 bridgehead atoms. The number of imidazole rings is 1. The largest absolute Gasteiger partial charge is 0.332 e. The number of aromatic nitrogens is 5. The third-order valence-electron chi connectivity index (χ3n) is 3.03. The molecular formula is C12H20N6O2S. The van der Waals surface area contributed by atoms with Crippen LogP contribution in [0.25, 0.3) is 0 Å². The molecule has 116 valence electrons. The topological polar surface area (TPSA) is 106 Å². The van der Waals surface area contributed by atoms with Crippen molar-refractivity contribution < 1.29 is 8.42 Å². The van der Waals surface area contributed by atoms with Gasteiger partial charge in [-0.2, -0.15) is 9.82 Å².